The summed E-state index contributed by atoms with van der Waals surface area (Å²) in [6.07, 6.45) is 1.56. The molecule has 0 amide bonds. The van der Waals surface area contributed by atoms with Crippen molar-refractivity contribution in [2.45, 2.75) is 12.5 Å². The number of nitrogens with zero attached hydrogens (tertiary/aromatic N) is 2. The molecule has 2 rings (SSSR count). The fourth-order valence-electron chi connectivity index (χ4n) is 1.54. The largest absolute Gasteiger partial charge is 0.487 e. The Bertz CT molecular complexity index is 608. The zero-order valence-corrected chi connectivity index (χ0v) is 10.7. The van der Waals surface area contributed by atoms with E-state index in [2.05, 4.69) is 4.98 Å². The molecule has 0 aliphatic carbocycles. The highest BCUT2D eigenvalue weighted by Crippen LogP contribution is 2.14. The van der Waals surface area contributed by atoms with Crippen molar-refractivity contribution in [2.75, 3.05) is 0 Å². The molecule has 0 fully saturated rings. The van der Waals surface area contributed by atoms with Crippen LogP contribution < -0.4 is 4.74 Å². The second-order valence-corrected chi connectivity index (χ2v) is 4.13. The van der Waals surface area contributed by atoms with Gasteiger partial charge in [0.25, 0.3) is 0 Å². The lowest BCUT2D eigenvalue weighted by molar-refractivity contribution is 0.304. The Kier molecular flexibility index (Phi) is 4.32. The molecule has 1 aromatic heterocycles. The van der Waals surface area contributed by atoms with Crippen LogP contribution in [0.5, 0.6) is 5.75 Å². The molecule has 0 spiro atoms. The fraction of sp³-hybridized carbons (Fsp3) is 0.143. The number of hydrogen-bond acceptors (Lipinski definition) is 3. The van der Waals surface area contributed by atoms with Gasteiger partial charge in [0.15, 0.2) is 0 Å². The van der Waals surface area contributed by atoms with E-state index in [1.165, 1.54) is 12.1 Å². The normalized spacial score (nSPS) is 9.95. The van der Waals surface area contributed by atoms with Crippen LogP contribution in [0, 0.1) is 17.1 Å². The topological polar surface area (TPSA) is 45.9 Å². The van der Waals surface area contributed by atoms with Gasteiger partial charge in [-0.3, -0.25) is 4.98 Å². The standard InChI is InChI=1S/C14H10ClFN2O/c15-6-13-1-2-14(8-18-13)19-9-11-3-10(7-17)4-12(16)5-11/h1-5,8H,6,9H2. The van der Waals surface area contributed by atoms with Crippen molar-refractivity contribution in [3.05, 3.63) is 59.2 Å². The number of nitriles is 1. The predicted molar refractivity (Wildman–Crippen MR) is 69.2 cm³/mol. The van der Waals surface area contributed by atoms with Crippen molar-refractivity contribution in [1.82, 2.24) is 4.98 Å². The van der Waals surface area contributed by atoms with Crippen molar-refractivity contribution in [1.29, 1.82) is 5.26 Å². The average molecular weight is 277 g/mol. The predicted octanol–water partition coefficient (Wildman–Crippen LogP) is 3.41. The maximum Gasteiger partial charge on any atom is 0.138 e. The van der Waals surface area contributed by atoms with Gasteiger partial charge in [0.2, 0.25) is 0 Å². The van der Waals surface area contributed by atoms with Crippen LogP contribution >= 0.6 is 11.6 Å². The summed E-state index contributed by atoms with van der Waals surface area (Å²) < 4.78 is 18.7. The fourth-order valence-corrected chi connectivity index (χ4v) is 1.70. The molecule has 0 saturated carbocycles. The molecule has 0 atom stereocenters. The number of aromatic nitrogens is 1. The van der Waals surface area contributed by atoms with Gasteiger partial charge in [-0.25, -0.2) is 4.39 Å². The summed E-state index contributed by atoms with van der Waals surface area (Å²) in [5.41, 5.74) is 1.62. The van der Waals surface area contributed by atoms with Crippen LogP contribution in [0.15, 0.2) is 36.5 Å². The third-order valence-corrected chi connectivity index (χ3v) is 2.70. The van der Waals surface area contributed by atoms with E-state index in [9.17, 15) is 4.39 Å². The van der Waals surface area contributed by atoms with Gasteiger partial charge in [-0.15, -0.1) is 11.6 Å². The number of benzene rings is 1. The minimum Gasteiger partial charge on any atom is -0.487 e. The van der Waals surface area contributed by atoms with Crippen LogP contribution in [0.3, 0.4) is 0 Å². The molecule has 0 radical (unpaired) electrons. The summed E-state index contributed by atoms with van der Waals surface area (Å²) in [5, 5.41) is 8.75. The Balaban J connectivity index is 2.05. The first-order valence-corrected chi connectivity index (χ1v) is 6.08. The number of ether oxygens (including phenoxy) is 1. The summed E-state index contributed by atoms with van der Waals surface area (Å²) in [7, 11) is 0. The quantitative estimate of drug-likeness (QED) is 0.804. The molecule has 0 N–H and O–H groups in total. The molecule has 96 valence electrons. The zero-order chi connectivity index (χ0) is 13.7. The highest BCUT2D eigenvalue weighted by molar-refractivity contribution is 6.16. The van der Waals surface area contributed by atoms with Gasteiger partial charge < -0.3 is 4.74 Å². The molecular weight excluding hydrogens is 267 g/mol. The van der Waals surface area contributed by atoms with E-state index in [0.717, 1.165) is 5.69 Å². The number of rotatable bonds is 4. The molecule has 0 unspecified atom stereocenters. The monoisotopic (exact) mass is 276 g/mol. The van der Waals surface area contributed by atoms with E-state index in [4.69, 9.17) is 21.6 Å². The highest BCUT2D eigenvalue weighted by atomic mass is 35.5. The first kappa shape index (κ1) is 13.3. The van der Waals surface area contributed by atoms with Crippen LogP contribution in [0.2, 0.25) is 0 Å². The van der Waals surface area contributed by atoms with Crippen LogP contribution in [-0.2, 0) is 12.5 Å². The van der Waals surface area contributed by atoms with Crippen LogP contribution in [0.1, 0.15) is 16.8 Å². The average Bonchev–Trinajstić information content (AvgIpc) is 2.45. The molecule has 5 heteroatoms. The highest BCUT2D eigenvalue weighted by Gasteiger charge is 2.02. The molecule has 0 saturated heterocycles. The van der Waals surface area contributed by atoms with Gasteiger partial charge in [0, 0.05) is 0 Å². The number of halogens is 2. The molecular formula is C14H10ClFN2O. The summed E-state index contributed by atoms with van der Waals surface area (Å²) in [6.45, 7) is 0.175. The van der Waals surface area contributed by atoms with Gasteiger partial charge in [-0.2, -0.15) is 5.26 Å². The van der Waals surface area contributed by atoms with Crippen molar-refractivity contribution >= 4 is 11.6 Å². The van der Waals surface area contributed by atoms with Crippen LogP contribution in [0.25, 0.3) is 0 Å². The summed E-state index contributed by atoms with van der Waals surface area (Å²) in [5.74, 6) is 0.459. The first-order valence-electron chi connectivity index (χ1n) is 5.54. The second kappa shape index (κ2) is 6.17. The first-order chi connectivity index (χ1) is 9.21. The van der Waals surface area contributed by atoms with E-state index >= 15 is 0 Å². The molecule has 19 heavy (non-hydrogen) atoms. The Morgan fingerprint density at radius 2 is 2.16 bits per heavy atom. The molecule has 2 aromatic rings. The molecule has 1 aromatic carbocycles. The number of hydrogen-bond donors (Lipinski definition) is 0. The van der Waals surface area contributed by atoms with Crippen molar-refractivity contribution in [3.8, 4) is 11.8 Å². The van der Waals surface area contributed by atoms with Gasteiger partial charge in [-0.05, 0) is 35.9 Å². The Labute approximate surface area is 115 Å². The lowest BCUT2D eigenvalue weighted by Gasteiger charge is -2.06. The zero-order valence-electron chi connectivity index (χ0n) is 9.94. The Morgan fingerprint density at radius 3 is 2.79 bits per heavy atom. The number of pyridine rings is 1. The summed E-state index contributed by atoms with van der Waals surface area (Å²) >= 11 is 5.63. The third-order valence-electron chi connectivity index (χ3n) is 2.43. The third kappa shape index (κ3) is 3.67. The smallest absolute Gasteiger partial charge is 0.138 e. The molecule has 1 heterocycles. The minimum atomic E-state index is -0.451. The SMILES string of the molecule is N#Cc1cc(F)cc(COc2ccc(CCl)nc2)c1. The van der Waals surface area contributed by atoms with Crippen molar-refractivity contribution in [3.63, 3.8) is 0 Å². The molecule has 0 aliphatic heterocycles. The van der Waals surface area contributed by atoms with Gasteiger partial charge >= 0.3 is 0 Å². The molecule has 3 nitrogen and oxygen atoms in total. The van der Waals surface area contributed by atoms with Gasteiger partial charge in [-0.1, -0.05) is 0 Å². The van der Waals surface area contributed by atoms with E-state index in [-0.39, 0.29) is 12.2 Å². The Hall–Kier alpha value is -2.12. The molecule has 0 aliphatic rings. The number of alkyl halides is 1. The minimum absolute atomic E-state index is 0.175. The Morgan fingerprint density at radius 1 is 1.32 bits per heavy atom. The molecule has 0 bridgehead atoms. The van der Waals surface area contributed by atoms with E-state index in [0.29, 0.717) is 17.2 Å². The van der Waals surface area contributed by atoms with E-state index in [1.54, 1.807) is 24.4 Å². The maximum atomic E-state index is 13.2. The van der Waals surface area contributed by atoms with Crippen molar-refractivity contribution in [2.24, 2.45) is 0 Å². The summed E-state index contributed by atoms with van der Waals surface area (Å²) in [4.78, 5) is 4.08. The van der Waals surface area contributed by atoms with Crippen molar-refractivity contribution < 1.29 is 9.13 Å². The lowest BCUT2D eigenvalue weighted by atomic mass is 10.1. The summed E-state index contributed by atoms with van der Waals surface area (Å²) in [6, 6.07) is 9.51. The van der Waals surface area contributed by atoms with Gasteiger partial charge in [0.05, 0.1) is 29.4 Å². The van der Waals surface area contributed by atoms with Gasteiger partial charge in [0.1, 0.15) is 18.2 Å². The second-order valence-electron chi connectivity index (χ2n) is 3.87. The van der Waals surface area contributed by atoms with Crippen LogP contribution in [-0.4, -0.2) is 4.98 Å². The van der Waals surface area contributed by atoms with E-state index in [1.807, 2.05) is 6.07 Å². The van der Waals surface area contributed by atoms with E-state index < -0.39 is 5.82 Å². The maximum absolute atomic E-state index is 13.2. The van der Waals surface area contributed by atoms with Crippen LogP contribution in [0.4, 0.5) is 4.39 Å². The lowest BCUT2D eigenvalue weighted by Crippen LogP contribution is -1.98.